The van der Waals surface area contributed by atoms with Crippen LogP contribution in [0.2, 0.25) is 0 Å². The van der Waals surface area contributed by atoms with Gasteiger partial charge in [-0.3, -0.25) is 0 Å². The van der Waals surface area contributed by atoms with Crippen LogP contribution < -0.4 is 5.32 Å². The van der Waals surface area contributed by atoms with Gasteiger partial charge in [-0.2, -0.15) is 0 Å². The van der Waals surface area contributed by atoms with Crippen LogP contribution in [-0.4, -0.2) is 38.1 Å². The van der Waals surface area contributed by atoms with Gasteiger partial charge in [0.1, 0.15) is 0 Å². The Kier molecular flexibility index (Phi) is 7.38. The lowest BCUT2D eigenvalue weighted by atomic mass is 9.79. The molecule has 0 aromatic heterocycles. The third kappa shape index (κ3) is 4.75. The van der Waals surface area contributed by atoms with E-state index in [0.29, 0.717) is 5.41 Å². The molecule has 2 nitrogen and oxygen atoms in total. The van der Waals surface area contributed by atoms with Gasteiger partial charge in [-0.25, -0.2) is 0 Å². The van der Waals surface area contributed by atoms with Crippen molar-refractivity contribution in [2.75, 3.05) is 27.2 Å². The first-order valence-electron chi connectivity index (χ1n) is 8.45. The lowest BCUT2D eigenvalue weighted by Gasteiger charge is -2.41. The first kappa shape index (κ1) is 17.0. The molecule has 0 unspecified atom stereocenters. The Bertz CT molecular complexity index is 227. The van der Waals surface area contributed by atoms with E-state index in [1.807, 2.05) is 0 Å². The molecule has 0 aliphatic heterocycles. The van der Waals surface area contributed by atoms with Crippen molar-refractivity contribution in [3.8, 4) is 0 Å². The second-order valence-corrected chi connectivity index (χ2v) is 6.74. The summed E-state index contributed by atoms with van der Waals surface area (Å²) in [5.74, 6) is 1.00. The van der Waals surface area contributed by atoms with Crippen LogP contribution in [0.5, 0.6) is 0 Å². The van der Waals surface area contributed by atoms with Crippen molar-refractivity contribution in [2.24, 2.45) is 11.3 Å². The second kappa shape index (κ2) is 8.26. The Morgan fingerprint density at radius 3 is 2.05 bits per heavy atom. The van der Waals surface area contributed by atoms with E-state index in [0.717, 1.165) is 18.5 Å². The van der Waals surface area contributed by atoms with Gasteiger partial charge in [0.05, 0.1) is 0 Å². The lowest BCUT2D eigenvalue weighted by molar-refractivity contribution is 0.0941. The number of nitrogens with zero attached hydrogens (tertiary/aromatic N) is 1. The standard InChI is InChI=1S/C17H36N2/c1-6-15-9-11-16(12-10-15)19(5)14-17(7-2,8-3)13-18-4/h15-16,18H,6-14H2,1-5H3. The number of hydrogen-bond acceptors (Lipinski definition) is 2. The van der Waals surface area contributed by atoms with E-state index in [9.17, 15) is 0 Å². The third-order valence-electron chi connectivity index (χ3n) is 5.65. The highest BCUT2D eigenvalue weighted by Crippen LogP contribution is 2.32. The van der Waals surface area contributed by atoms with Crippen LogP contribution in [-0.2, 0) is 0 Å². The van der Waals surface area contributed by atoms with Gasteiger partial charge in [0.25, 0.3) is 0 Å². The van der Waals surface area contributed by atoms with E-state index < -0.39 is 0 Å². The Hall–Kier alpha value is -0.0800. The molecule has 114 valence electrons. The van der Waals surface area contributed by atoms with Crippen molar-refractivity contribution in [1.82, 2.24) is 10.2 Å². The van der Waals surface area contributed by atoms with E-state index in [1.165, 1.54) is 51.5 Å². The third-order valence-corrected chi connectivity index (χ3v) is 5.65. The van der Waals surface area contributed by atoms with Gasteiger partial charge in [0, 0.05) is 19.1 Å². The highest BCUT2D eigenvalue weighted by atomic mass is 15.1. The van der Waals surface area contributed by atoms with Gasteiger partial charge in [0.15, 0.2) is 0 Å². The maximum atomic E-state index is 3.41. The van der Waals surface area contributed by atoms with Crippen molar-refractivity contribution < 1.29 is 0 Å². The zero-order valence-corrected chi connectivity index (χ0v) is 14.0. The van der Waals surface area contributed by atoms with Gasteiger partial charge in [0.2, 0.25) is 0 Å². The first-order chi connectivity index (χ1) is 9.10. The van der Waals surface area contributed by atoms with Crippen molar-refractivity contribution >= 4 is 0 Å². The van der Waals surface area contributed by atoms with E-state index in [1.54, 1.807) is 0 Å². The van der Waals surface area contributed by atoms with E-state index in [-0.39, 0.29) is 0 Å². The Labute approximate surface area is 121 Å². The molecular weight excluding hydrogens is 232 g/mol. The molecule has 0 saturated heterocycles. The summed E-state index contributed by atoms with van der Waals surface area (Å²) in [6.07, 6.45) is 9.66. The molecule has 1 aliphatic rings. The molecule has 1 rings (SSSR count). The minimum atomic E-state index is 0.463. The molecule has 1 aliphatic carbocycles. The predicted octanol–water partition coefficient (Wildman–Crippen LogP) is 3.91. The summed E-state index contributed by atoms with van der Waals surface area (Å²) in [4.78, 5) is 2.66. The smallest absolute Gasteiger partial charge is 0.00926 e. The van der Waals surface area contributed by atoms with Crippen molar-refractivity contribution in [2.45, 2.75) is 71.8 Å². The maximum absolute atomic E-state index is 3.41. The number of nitrogens with one attached hydrogen (secondary N) is 1. The summed E-state index contributed by atoms with van der Waals surface area (Å²) in [5, 5.41) is 3.41. The highest BCUT2D eigenvalue weighted by Gasteiger charge is 2.31. The summed E-state index contributed by atoms with van der Waals surface area (Å²) in [5.41, 5.74) is 0.463. The van der Waals surface area contributed by atoms with Crippen LogP contribution in [0.3, 0.4) is 0 Å². The Balaban J connectivity index is 2.50. The fourth-order valence-corrected chi connectivity index (χ4v) is 3.81. The van der Waals surface area contributed by atoms with Crippen molar-refractivity contribution in [3.63, 3.8) is 0 Å². The number of hydrogen-bond donors (Lipinski definition) is 1. The van der Waals surface area contributed by atoms with E-state index in [4.69, 9.17) is 0 Å². The van der Waals surface area contributed by atoms with E-state index >= 15 is 0 Å². The number of rotatable bonds is 8. The molecule has 0 atom stereocenters. The van der Waals surface area contributed by atoms with Gasteiger partial charge >= 0.3 is 0 Å². The molecule has 0 aromatic carbocycles. The average Bonchev–Trinajstić information content (AvgIpc) is 2.46. The van der Waals surface area contributed by atoms with Crippen LogP contribution >= 0.6 is 0 Å². The summed E-state index contributed by atoms with van der Waals surface area (Å²) < 4.78 is 0. The molecule has 19 heavy (non-hydrogen) atoms. The van der Waals surface area contributed by atoms with E-state index in [2.05, 4.69) is 45.1 Å². The van der Waals surface area contributed by atoms with Crippen LogP contribution in [0.15, 0.2) is 0 Å². The minimum absolute atomic E-state index is 0.463. The highest BCUT2D eigenvalue weighted by molar-refractivity contribution is 4.85. The fourth-order valence-electron chi connectivity index (χ4n) is 3.81. The van der Waals surface area contributed by atoms with Crippen molar-refractivity contribution in [3.05, 3.63) is 0 Å². The quantitative estimate of drug-likeness (QED) is 0.718. The second-order valence-electron chi connectivity index (χ2n) is 6.74. The van der Waals surface area contributed by atoms with Crippen LogP contribution in [0.25, 0.3) is 0 Å². The first-order valence-corrected chi connectivity index (χ1v) is 8.45. The van der Waals surface area contributed by atoms with Gasteiger partial charge in [-0.15, -0.1) is 0 Å². The van der Waals surface area contributed by atoms with Crippen molar-refractivity contribution in [1.29, 1.82) is 0 Å². The summed E-state index contributed by atoms with van der Waals surface area (Å²) in [6, 6.07) is 0.831. The Morgan fingerprint density at radius 1 is 1.05 bits per heavy atom. The maximum Gasteiger partial charge on any atom is 0.00926 e. The van der Waals surface area contributed by atoms with Gasteiger partial charge < -0.3 is 10.2 Å². The van der Waals surface area contributed by atoms with Gasteiger partial charge in [-0.05, 0) is 64.0 Å². The van der Waals surface area contributed by atoms with Crippen LogP contribution in [0, 0.1) is 11.3 Å². The van der Waals surface area contributed by atoms with Gasteiger partial charge in [-0.1, -0.05) is 27.2 Å². The summed E-state index contributed by atoms with van der Waals surface area (Å²) in [6.45, 7) is 9.45. The lowest BCUT2D eigenvalue weighted by Crippen LogP contribution is -2.46. The van der Waals surface area contributed by atoms with Crippen LogP contribution in [0.4, 0.5) is 0 Å². The molecule has 1 fully saturated rings. The molecule has 0 radical (unpaired) electrons. The minimum Gasteiger partial charge on any atom is -0.319 e. The molecule has 2 heteroatoms. The van der Waals surface area contributed by atoms with Crippen LogP contribution in [0.1, 0.15) is 65.7 Å². The molecule has 0 aromatic rings. The monoisotopic (exact) mass is 268 g/mol. The molecule has 0 amide bonds. The fraction of sp³-hybridized carbons (Fsp3) is 1.00. The molecular formula is C17H36N2. The molecule has 0 bridgehead atoms. The largest absolute Gasteiger partial charge is 0.319 e. The summed E-state index contributed by atoms with van der Waals surface area (Å²) >= 11 is 0. The molecule has 1 saturated carbocycles. The Morgan fingerprint density at radius 2 is 1.63 bits per heavy atom. The normalized spacial score (nSPS) is 24.9. The molecule has 0 heterocycles. The zero-order chi connectivity index (χ0) is 14.3. The zero-order valence-electron chi connectivity index (χ0n) is 14.0. The topological polar surface area (TPSA) is 15.3 Å². The molecule has 1 N–H and O–H groups in total. The average molecular weight is 268 g/mol. The SMILES string of the molecule is CCC1CCC(N(C)CC(CC)(CC)CNC)CC1. The predicted molar refractivity (Wildman–Crippen MR) is 85.6 cm³/mol. The molecule has 0 spiro atoms. The summed E-state index contributed by atoms with van der Waals surface area (Å²) in [7, 11) is 4.44.